The molecule has 1 heterocycles. The van der Waals surface area contributed by atoms with E-state index in [4.69, 9.17) is 9.40 Å². The first-order chi connectivity index (χ1) is 14.6. The normalized spacial score (nSPS) is 14.5. The number of benzene rings is 1. The molecule has 32 heavy (non-hydrogen) atoms. The van der Waals surface area contributed by atoms with Gasteiger partial charge in [0.1, 0.15) is 10.6 Å². The summed E-state index contributed by atoms with van der Waals surface area (Å²) in [6, 6.07) is 6.90. The molecule has 0 fully saturated rings. The van der Waals surface area contributed by atoms with Crippen LogP contribution in [0, 0.1) is 0 Å². The van der Waals surface area contributed by atoms with Gasteiger partial charge in [0, 0.05) is 0 Å². The molecule has 2 nitrogen and oxygen atoms in total. The van der Waals surface area contributed by atoms with Crippen LogP contribution < -0.4 is 0 Å². The second-order valence-corrected chi connectivity index (χ2v) is 11.4. The highest BCUT2D eigenvalue weighted by molar-refractivity contribution is 7.99. The van der Waals surface area contributed by atoms with Crippen LogP contribution >= 0.6 is 11.8 Å². The molecular formula is C24H34BF4NOS. The van der Waals surface area contributed by atoms with Crippen molar-refractivity contribution >= 4 is 19.0 Å². The Morgan fingerprint density at radius 1 is 0.906 bits per heavy atom. The predicted molar refractivity (Wildman–Crippen MR) is 127 cm³/mol. The fourth-order valence-corrected chi connectivity index (χ4v) is 4.32. The zero-order chi connectivity index (χ0) is 24.3. The zero-order valence-electron chi connectivity index (χ0n) is 20.1. The van der Waals surface area contributed by atoms with Gasteiger partial charge in [-0.25, -0.2) is 0 Å². The summed E-state index contributed by atoms with van der Waals surface area (Å²) in [4.78, 5) is 4.99. The Balaban J connectivity index is 0.000000654. The van der Waals surface area contributed by atoms with Crippen molar-refractivity contribution in [2.24, 2.45) is 0 Å². The molecule has 1 aromatic carbocycles. The Hall–Kier alpha value is -1.57. The topological polar surface area (TPSA) is 24.2 Å². The maximum Gasteiger partial charge on any atom is 0.673 e. The van der Waals surface area contributed by atoms with Gasteiger partial charge in [-0.2, -0.15) is 4.42 Å². The van der Waals surface area contributed by atoms with E-state index in [0.717, 1.165) is 35.8 Å². The van der Waals surface area contributed by atoms with E-state index in [0.29, 0.717) is 0 Å². The fraction of sp³-hybridized carbons (Fsp3) is 0.583. The second kappa shape index (κ2) is 10.1. The van der Waals surface area contributed by atoms with Crippen molar-refractivity contribution in [3.8, 4) is 11.5 Å². The lowest BCUT2D eigenvalue weighted by molar-refractivity contribution is 0.368. The molecule has 1 aliphatic carbocycles. The monoisotopic (exact) mass is 471 g/mol. The molecule has 0 bridgehead atoms. The summed E-state index contributed by atoms with van der Waals surface area (Å²) in [5.74, 6) is 2.97. The minimum Gasteiger partial charge on any atom is -0.418 e. The number of halogens is 4. The first kappa shape index (κ1) is 26.7. The first-order valence-corrected chi connectivity index (χ1v) is 12.1. The summed E-state index contributed by atoms with van der Waals surface area (Å²) in [5.41, 5.74) is 5.31. The Kier molecular flexibility index (Phi) is 8.46. The van der Waals surface area contributed by atoms with Crippen LogP contribution in [0.5, 0.6) is 0 Å². The molecule has 0 atom stereocenters. The van der Waals surface area contributed by atoms with Crippen LogP contribution in [0.4, 0.5) is 17.3 Å². The highest BCUT2D eigenvalue weighted by atomic mass is 32.2. The van der Waals surface area contributed by atoms with Crippen molar-refractivity contribution in [2.45, 2.75) is 90.0 Å². The third-order valence-corrected chi connectivity index (χ3v) is 6.19. The molecule has 0 unspecified atom stereocenters. The van der Waals surface area contributed by atoms with Crippen molar-refractivity contribution in [2.75, 3.05) is 5.75 Å². The Bertz CT molecular complexity index is 895. The third kappa shape index (κ3) is 7.78. The summed E-state index contributed by atoms with van der Waals surface area (Å²) in [7, 11) is -6.00. The predicted octanol–water partition coefficient (Wildman–Crippen LogP) is 8.51. The van der Waals surface area contributed by atoms with Crippen LogP contribution in [-0.4, -0.2) is 18.0 Å². The lowest BCUT2D eigenvalue weighted by Crippen LogP contribution is -2.16. The number of thioether (sulfide) groups is 1. The summed E-state index contributed by atoms with van der Waals surface area (Å²) < 4.78 is 45.4. The van der Waals surface area contributed by atoms with E-state index in [1.807, 2.05) is 11.8 Å². The molecule has 1 aliphatic rings. The summed E-state index contributed by atoms with van der Waals surface area (Å²) in [5, 5.41) is 1.17. The molecule has 8 heteroatoms. The van der Waals surface area contributed by atoms with Gasteiger partial charge < -0.3 is 17.3 Å². The van der Waals surface area contributed by atoms with Gasteiger partial charge in [0.05, 0.1) is 12.0 Å². The molecule has 0 radical (unpaired) electrons. The van der Waals surface area contributed by atoms with Crippen molar-refractivity contribution in [1.29, 1.82) is 0 Å². The van der Waals surface area contributed by atoms with E-state index in [1.54, 1.807) is 0 Å². The second-order valence-electron chi connectivity index (χ2n) is 10.2. The van der Waals surface area contributed by atoms with Gasteiger partial charge >= 0.3 is 18.9 Å². The van der Waals surface area contributed by atoms with Crippen molar-refractivity contribution in [3.63, 3.8) is 0 Å². The molecule has 0 aliphatic heterocycles. The molecule has 0 amide bonds. The average Bonchev–Trinajstić information content (AvgIpc) is 2.65. The number of rotatable bonds is 3. The van der Waals surface area contributed by atoms with E-state index in [9.17, 15) is 17.3 Å². The Morgan fingerprint density at radius 2 is 1.41 bits per heavy atom. The number of nitrogens with zero attached hydrogens (tertiary/aromatic N) is 1. The lowest BCUT2D eigenvalue weighted by atomic mass is 9.79. The van der Waals surface area contributed by atoms with Gasteiger partial charge in [0.15, 0.2) is 0 Å². The molecule has 0 spiro atoms. The van der Waals surface area contributed by atoms with Gasteiger partial charge in [-0.15, -0.1) is 16.7 Å². The number of fused-ring (bicyclic) bond motifs is 1. The van der Waals surface area contributed by atoms with E-state index in [-0.39, 0.29) is 10.8 Å². The molecule has 3 rings (SSSR count). The maximum absolute atomic E-state index is 9.75. The van der Waals surface area contributed by atoms with Crippen LogP contribution in [0.1, 0.15) is 83.8 Å². The maximum atomic E-state index is 9.75. The lowest BCUT2D eigenvalue weighted by Gasteiger charge is -2.25. The van der Waals surface area contributed by atoms with Crippen LogP contribution in [0.3, 0.4) is 0 Å². The SMILES string of the molecule is CCSc1nc(-c2cc(C(C)(C)C)cc(C(C)(C)C)c2)[o+]c2c1CCCC2.F[B-](F)(F)F. The van der Waals surface area contributed by atoms with E-state index in [2.05, 4.69) is 66.7 Å². The first-order valence-electron chi connectivity index (χ1n) is 11.1. The van der Waals surface area contributed by atoms with Gasteiger partial charge in [-0.1, -0.05) is 54.5 Å². The van der Waals surface area contributed by atoms with Crippen LogP contribution in [-0.2, 0) is 23.7 Å². The number of aryl methyl sites for hydroxylation is 1. The van der Waals surface area contributed by atoms with Crippen LogP contribution in [0.2, 0.25) is 0 Å². The highest BCUT2D eigenvalue weighted by Crippen LogP contribution is 2.37. The molecule has 0 N–H and O–H groups in total. The Labute approximate surface area is 193 Å². The zero-order valence-corrected chi connectivity index (χ0v) is 20.9. The largest absolute Gasteiger partial charge is 0.673 e. The van der Waals surface area contributed by atoms with Crippen molar-refractivity contribution in [3.05, 3.63) is 40.6 Å². The molecule has 0 saturated heterocycles. The van der Waals surface area contributed by atoms with Crippen LogP contribution in [0.25, 0.3) is 11.5 Å². The van der Waals surface area contributed by atoms with Gasteiger partial charge in [-0.3, -0.25) is 0 Å². The molecular weight excluding hydrogens is 437 g/mol. The van der Waals surface area contributed by atoms with Gasteiger partial charge in [0.25, 0.3) is 0 Å². The molecule has 0 saturated carbocycles. The number of hydrogen-bond donors (Lipinski definition) is 0. The highest BCUT2D eigenvalue weighted by Gasteiger charge is 2.30. The van der Waals surface area contributed by atoms with E-state index in [1.165, 1.54) is 34.6 Å². The van der Waals surface area contributed by atoms with Gasteiger partial charge in [0.2, 0.25) is 0 Å². The molecule has 1 aromatic heterocycles. The quantitative estimate of drug-likeness (QED) is 0.194. The van der Waals surface area contributed by atoms with Crippen molar-refractivity contribution < 1.29 is 21.7 Å². The third-order valence-electron chi connectivity index (χ3n) is 5.29. The van der Waals surface area contributed by atoms with E-state index < -0.39 is 7.25 Å². The fourth-order valence-electron chi connectivity index (χ4n) is 3.51. The minimum atomic E-state index is -6.00. The van der Waals surface area contributed by atoms with Gasteiger partial charge in [-0.05, 0) is 59.1 Å². The number of aromatic nitrogens is 1. The standard InChI is InChI=1S/C24H34NOS.BF4/c1-8-27-22-19-11-9-10-12-20(19)26-21(25-22)16-13-17(23(2,3)4)15-18(14-16)24(5,6)7;2-1(3,4)5/h13-15H,8-12H2,1-7H3;/q+1;-1. The molecule has 178 valence electrons. The van der Waals surface area contributed by atoms with Crippen LogP contribution in [0.15, 0.2) is 27.6 Å². The summed E-state index contributed by atoms with van der Waals surface area (Å²) >= 11 is 1.85. The number of hydrogen-bond acceptors (Lipinski definition) is 2. The molecule has 2 aromatic rings. The van der Waals surface area contributed by atoms with E-state index >= 15 is 0 Å². The summed E-state index contributed by atoms with van der Waals surface area (Å²) in [6.07, 6.45) is 4.59. The Morgan fingerprint density at radius 3 is 1.88 bits per heavy atom. The summed E-state index contributed by atoms with van der Waals surface area (Å²) in [6.45, 7) is 15.8. The average molecular weight is 471 g/mol. The van der Waals surface area contributed by atoms with Crippen molar-refractivity contribution in [1.82, 2.24) is 4.98 Å². The smallest absolute Gasteiger partial charge is 0.418 e. The minimum absolute atomic E-state index is 0.0885.